The van der Waals surface area contributed by atoms with Crippen molar-refractivity contribution in [2.24, 2.45) is 0 Å². The first-order valence-corrected chi connectivity index (χ1v) is 12.6. The van der Waals surface area contributed by atoms with E-state index in [1.807, 2.05) is 0 Å². The molecular formula is C30H20F3N5O4. The number of aryl methyl sites for hydroxylation is 2. The van der Waals surface area contributed by atoms with Gasteiger partial charge in [-0.25, -0.2) is 27.9 Å². The number of halogens is 3. The van der Waals surface area contributed by atoms with Crippen molar-refractivity contribution in [2.75, 3.05) is 12.8 Å². The highest BCUT2D eigenvalue weighted by molar-refractivity contribution is 5.98. The van der Waals surface area contributed by atoms with E-state index in [0.717, 1.165) is 12.1 Å². The number of nitrogens with two attached hydrogens (primary N) is 1. The van der Waals surface area contributed by atoms with Crippen LogP contribution < -0.4 is 11.2 Å². The number of esters is 1. The number of carbonyl (C=O) groups is 1. The summed E-state index contributed by atoms with van der Waals surface area (Å²) in [5.74, 6) is -2.28. The lowest BCUT2D eigenvalue weighted by atomic mass is 9.99. The highest BCUT2D eigenvalue weighted by Crippen LogP contribution is 2.32. The zero-order valence-electron chi connectivity index (χ0n) is 21.9. The number of anilines is 1. The Morgan fingerprint density at radius 2 is 1.79 bits per heavy atom. The van der Waals surface area contributed by atoms with Crippen LogP contribution in [0.15, 0.2) is 69.9 Å². The fourth-order valence-electron chi connectivity index (χ4n) is 4.85. The third kappa shape index (κ3) is 4.62. The largest absolute Gasteiger partial charge is 0.465 e. The number of H-pyrrole nitrogens is 1. The van der Waals surface area contributed by atoms with E-state index in [1.54, 1.807) is 0 Å². The van der Waals surface area contributed by atoms with Crippen LogP contribution in [0.4, 0.5) is 19.0 Å². The fourth-order valence-corrected chi connectivity index (χ4v) is 4.85. The van der Waals surface area contributed by atoms with Gasteiger partial charge in [0.25, 0.3) is 0 Å². The van der Waals surface area contributed by atoms with Crippen LogP contribution in [0.2, 0.25) is 0 Å². The Balaban J connectivity index is 1.38. The first-order valence-electron chi connectivity index (χ1n) is 12.6. The molecule has 0 saturated heterocycles. The zero-order chi connectivity index (χ0) is 29.5. The molecule has 0 bridgehead atoms. The molecule has 3 aromatic carbocycles. The Bertz CT molecular complexity index is 2090. The van der Waals surface area contributed by atoms with Gasteiger partial charge in [0.2, 0.25) is 5.43 Å². The SMILES string of the molecule is COC(=O)c1ccc(-c2[nH]nc3nc(CCc4oc5cccc(F)c5c(=O)c4-c4cccc(F)c4)nc(N)c23)c(F)c1. The van der Waals surface area contributed by atoms with Crippen molar-refractivity contribution in [3.63, 3.8) is 0 Å². The molecule has 0 saturated carbocycles. The minimum Gasteiger partial charge on any atom is -0.465 e. The van der Waals surface area contributed by atoms with Gasteiger partial charge in [-0.3, -0.25) is 9.89 Å². The van der Waals surface area contributed by atoms with Crippen LogP contribution in [0.1, 0.15) is 21.9 Å². The summed E-state index contributed by atoms with van der Waals surface area (Å²) in [4.78, 5) is 33.9. The van der Waals surface area contributed by atoms with Crippen LogP contribution >= 0.6 is 0 Å². The predicted octanol–water partition coefficient (Wildman–Crippen LogP) is 5.36. The number of nitrogens with one attached hydrogen (secondary N) is 1. The molecule has 6 rings (SSSR count). The van der Waals surface area contributed by atoms with Gasteiger partial charge in [0.05, 0.1) is 29.3 Å². The second-order valence-electron chi connectivity index (χ2n) is 9.36. The molecule has 0 aliphatic carbocycles. The molecule has 0 fully saturated rings. The number of nitrogens with zero attached hydrogens (tertiary/aromatic N) is 3. The lowest BCUT2D eigenvalue weighted by molar-refractivity contribution is 0.0600. The van der Waals surface area contributed by atoms with Crippen molar-refractivity contribution in [3.8, 4) is 22.4 Å². The molecule has 0 radical (unpaired) electrons. The topological polar surface area (TPSA) is 137 Å². The molecule has 0 unspecified atom stereocenters. The number of fused-ring (bicyclic) bond motifs is 2. The lowest BCUT2D eigenvalue weighted by Gasteiger charge is -2.11. The van der Waals surface area contributed by atoms with E-state index in [9.17, 15) is 22.8 Å². The summed E-state index contributed by atoms with van der Waals surface area (Å²) in [5, 5.41) is 6.92. The molecule has 3 N–H and O–H groups in total. The third-order valence-electron chi connectivity index (χ3n) is 6.78. The fraction of sp³-hybridized carbons (Fsp3) is 0.100. The second kappa shape index (κ2) is 10.5. The monoisotopic (exact) mass is 571 g/mol. The minimum absolute atomic E-state index is 0.0163. The smallest absolute Gasteiger partial charge is 0.337 e. The van der Waals surface area contributed by atoms with E-state index in [1.165, 1.54) is 55.6 Å². The number of aromatic nitrogens is 4. The van der Waals surface area contributed by atoms with Crippen LogP contribution in [0, 0.1) is 17.5 Å². The number of methoxy groups -OCH3 is 1. The summed E-state index contributed by atoms with van der Waals surface area (Å²) < 4.78 is 54.2. The molecule has 210 valence electrons. The first kappa shape index (κ1) is 26.7. The number of hydrogen-bond acceptors (Lipinski definition) is 8. The van der Waals surface area contributed by atoms with Gasteiger partial charge in [0.15, 0.2) is 5.65 Å². The normalized spacial score (nSPS) is 11.3. The van der Waals surface area contributed by atoms with Gasteiger partial charge in [-0.2, -0.15) is 5.10 Å². The number of aromatic amines is 1. The predicted molar refractivity (Wildman–Crippen MR) is 148 cm³/mol. The van der Waals surface area contributed by atoms with E-state index in [2.05, 4.69) is 24.9 Å². The standard InChI is InChI=1S/C30H20F3N5O4/c1-41-30(40)15-8-9-17(19(33)13-15)26-25-28(34)35-22(36-29(25)38-37-26)11-10-21-23(14-4-2-5-16(31)12-14)27(39)24-18(32)6-3-7-20(24)42-21/h2-9,12-13H,10-11H2,1H3,(H3,34,35,36,37,38). The molecule has 0 atom stereocenters. The number of nitrogen functional groups attached to an aromatic ring is 1. The molecular weight excluding hydrogens is 551 g/mol. The maximum atomic E-state index is 14.9. The Hall–Kier alpha value is -5.52. The second-order valence-corrected chi connectivity index (χ2v) is 9.36. The molecule has 0 aliphatic rings. The Kier molecular flexibility index (Phi) is 6.65. The van der Waals surface area contributed by atoms with Crippen molar-refractivity contribution in [1.29, 1.82) is 0 Å². The Labute approximate surface area is 234 Å². The zero-order valence-corrected chi connectivity index (χ0v) is 21.9. The minimum atomic E-state index is -0.752. The molecule has 9 nitrogen and oxygen atoms in total. The Morgan fingerprint density at radius 3 is 2.55 bits per heavy atom. The van der Waals surface area contributed by atoms with E-state index < -0.39 is 28.8 Å². The number of rotatable bonds is 6. The van der Waals surface area contributed by atoms with Gasteiger partial charge >= 0.3 is 5.97 Å². The van der Waals surface area contributed by atoms with Crippen molar-refractivity contribution in [2.45, 2.75) is 12.8 Å². The van der Waals surface area contributed by atoms with Crippen molar-refractivity contribution in [3.05, 3.63) is 105 Å². The van der Waals surface area contributed by atoms with Gasteiger partial charge < -0.3 is 14.9 Å². The van der Waals surface area contributed by atoms with Crippen molar-refractivity contribution in [1.82, 2.24) is 20.2 Å². The molecule has 12 heteroatoms. The molecule has 0 amide bonds. The number of carbonyl (C=O) groups excluding carboxylic acids is 1. The maximum absolute atomic E-state index is 14.9. The van der Waals surface area contributed by atoms with Crippen LogP contribution in [0.5, 0.6) is 0 Å². The highest BCUT2D eigenvalue weighted by Gasteiger charge is 2.22. The molecule has 3 aromatic heterocycles. The Morgan fingerprint density at radius 1 is 0.976 bits per heavy atom. The van der Waals surface area contributed by atoms with Gasteiger partial charge in [-0.1, -0.05) is 18.2 Å². The number of benzene rings is 3. The van der Waals surface area contributed by atoms with Crippen molar-refractivity contribution >= 4 is 33.8 Å². The molecule has 0 aliphatic heterocycles. The van der Waals surface area contributed by atoms with E-state index >= 15 is 0 Å². The average Bonchev–Trinajstić information content (AvgIpc) is 3.40. The highest BCUT2D eigenvalue weighted by atomic mass is 19.1. The summed E-state index contributed by atoms with van der Waals surface area (Å²) >= 11 is 0. The summed E-state index contributed by atoms with van der Waals surface area (Å²) in [6, 6.07) is 13.3. The lowest BCUT2D eigenvalue weighted by Crippen LogP contribution is -2.12. The summed E-state index contributed by atoms with van der Waals surface area (Å²) in [7, 11) is 1.20. The molecule has 6 aromatic rings. The van der Waals surface area contributed by atoms with Crippen LogP contribution in [0.25, 0.3) is 44.4 Å². The summed E-state index contributed by atoms with van der Waals surface area (Å²) in [5.41, 5.74) is 6.43. The van der Waals surface area contributed by atoms with E-state index in [4.69, 9.17) is 10.2 Å². The number of hydrogen-bond donors (Lipinski definition) is 2. The maximum Gasteiger partial charge on any atom is 0.337 e. The molecule has 42 heavy (non-hydrogen) atoms. The third-order valence-corrected chi connectivity index (χ3v) is 6.78. The van der Waals surface area contributed by atoms with E-state index in [0.29, 0.717) is 0 Å². The summed E-state index contributed by atoms with van der Waals surface area (Å²) in [6.07, 6.45) is 0.204. The van der Waals surface area contributed by atoms with E-state index in [-0.39, 0.29) is 80.2 Å². The first-order chi connectivity index (χ1) is 20.2. The van der Waals surface area contributed by atoms with Gasteiger partial charge in [-0.05, 0) is 48.0 Å². The van der Waals surface area contributed by atoms with Crippen molar-refractivity contribution < 1.29 is 27.1 Å². The molecule has 3 heterocycles. The summed E-state index contributed by atoms with van der Waals surface area (Å²) in [6.45, 7) is 0. The van der Waals surface area contributed by atoms with Gasteiger partial charge in [0, 0.05) is 18.4 Å². The van der Waals surface area contributed by atoms with Gasteiger partial charge in [-0.15, -0.1) is 0 Å². The van der Waals surface area contributed by atoms with Gasteiger partial charge in [0.1, 0.15) is 45.8 Å². The molecule has 0 spiro atoms. The van der Waals surface area contributed by atoms with Crippen LogP contribution in [-0.2, 0) is 17.6 Å². The number of ether oxygens (including phenoxy) is 1. The van der Waals surface area contributed by atoms with Crippen LogP contribution in [0.3, 0.4) is 0 Å². The quantitative estimate of drug-likeness (QED) is 0.255. The van der Waals surface area contributed by atoms with Crippen LogP contribution in [-0.4, -0.2) is 33.2 Å². The average molecular weight is 572 g/mol.